The van der Waals surface area contributed by atoms with Crippen molar-refractivity contribution in [2.75, 3.05) is 61.0 Å². The van der Waals surface area contributed by atoms with E-state index in [0.717, 1.165) is 64.2 Å². The molecule has 0 aliphatic rings. The monoisotopic (exact) mass is 692 g/mol. The van der Waals surface area contributed by atoms with Crippen LogP contribution in [0, 0.1) is 17.8 Å². The quantitative estimate of drug-likeness (QED) is 0.0330. The van der Waals surface area contributed by atoms with Gasteiger partial charge in [0.1, 0.15) is 19.8 Å². The molecular weight excluding hydrogens is 624 g/mol. The highest BCUT2D eigenvalue weighted by atomic mass is 16.6. The van der Waals surface area contributed by atoms with Crippen LogP contribution < -0.4 is 0 Å². The molecule has 2 atom stereocenters. The summed E-state index contributed by atoms with van der Waals surface area (Å²) in [5.41, 5.74) is 5.16. The van der Waals surface area contributed by atoms with Crippen LogP contribution >= 0.6 is 0 Å². The van der Waals surface area contributed by atoms with Gasteiger partial charge in [-0.3, -0.25) is 14.4 Å². The fraction of sp³-hybridized carbons (Fsp3) is 0.725. The Morgan fingerprint density at radius 3 is 1.27 bits per heavy atom. The van der Waals surface area contributed by atoms with Gasteiger partial charge in [0.25, 0.3) is 0 Å². The molecule has 0 N–H and O–H groups in total. The topological polar surface area (TPSA) is 107 Å². The number of ether oxygens (including phenoxy) is 6. The van der Waals surface area contributed by atoms with Gasteiger partial charge in [-0.15, -0.1) is 0 Å². The van der Waals surface area contributed by atoms with Gasteiger partial charge in [0.05, 0.1) is 31.7 Å². The zero-order chi connectivity index (χ0) is 36.9. The molecule has 0 saturated heterocycles. The number of hydrogen-bond donors (Lipinski definition) is 0. The van der Waals surface area contributed by atoms with Gasteiger partial charge >= 0.3 is 17.9 Å². The summed E-state index contributed by atoms with van der Waals surface area (Å²) in [5.74, 6) is -0.649. The Bertz CT molecular complexity index is 970. The Kier molecular flexibility index (Phi) is 28.4. The summed E-state index contributed by atoms with van der Waals surface area (Å²) < 4.78 is 30.7. The number of rotatable bonds is 29. The molecular formula is C40H68O9. The lowest BCUT2D eigenvalue weighted by molar-refractivity contribution is -0.150. The second-order valence-corrected chi connectivity index (χ2v) is 13.2. The average Bonchev–Trinajstić information content (AvgIpc) is 3.07. The van der Waals surface area contributed by atoms with Crippen LogP contribution in [0.2, 0.25) is 0 Å². The smallest absolute Gasteiger partial charge is 0.308 e. The molecule has 0 amide bonds. The van der Waals surface area contributed by atoms with Crippen molar-refractivity contribution in [1.82, 2.24) is 0 Å². The minimum Gasteiger partial charge on any atom is -0.463 e. The number of carbonyl (C=O) groups is 3. The van der Waals surface area contributed by atoms with Gasteiger partial charge in [-0.25, -0.2) is 0 Å². The van der Waals surface area contributed by atoms with Crippen LogP contribution in [0.5, 0.6) is 0 Å². The first-order valence-electron chi connectivity index (χ1n) is 18.0. The van der Waals surface area contributed by atoms with Crippen LogP contribution in [-0.2, 0) is 42.8 Å². The summed E-state index contributed by atoms with van der Waals surface area (Å²) in [6, 6.07) is 0. The van der Waals surface area contributed by atoms with Crippen LogP contribution in [0.4, 0.5) is 0 Å². The van der Waals surface area contributed by atoms with Crippen molar-refractivity contribution in [2.24, 2.45) is 17.8 Å². The third kappa shape index (κ3) is 26.8. The third-order valence-electron chi connectivity index (χ3n) is 8.48. The molecule has 9 heteroatoms. The molecule has 0 saturated carbocycles. The SMILES string of the molecule is COCCOC(=O)CC(C/C=C(/C)CC/C=C(/C)CCC(C)C(=O)OCCOC)C/C=C(/C)CC/C=C(/C)CCC(C)C(=O)OCCOC. The maximum atomic E-state index is 12.5. The first kappa shape index (κ1) is 46.2. The van der Waals surface area contributed by atoms with Crippen LogP contribution in [0.15, 0.2) is 46.6 Å². The molecule has 0 aromatic heterocycles. The van der Waals surface area contributed by atoms with Crippen molar-refractivity contribution in [2.45, 2.75) is 112 Å². The van der Waals surface area contributed by atoms with E-state index in [0.29, 0.717) is 39.5 Å². The highest BCUT2D eigenvalue weighted by Gasteiger charge is 2.16. The largest absolute Gasteiger partial charge is 0.463 e. The molecule has 0 aliphatic heterocycles. The van der Waals surface area contributed by atoms with E-state index >= 15 is 0 Å². The fourth-order valence-corrected chi connectivity index (χ4v) is 4.89. The fourth-order valence-electron chi connectivity index (χ4n) is 4.89. The van der Waals surface area contributed by atoms with Gasteiger partial charge in [-0.05, 0) is 97.8 Å². The standard InChI is InChI=1S/C40H68O9/c1-31(16-20-35(5)39(42)48-28-25-45-8)12-10-14-33(3)18-22-37(30-38(41)47-27-24-44-7)23-19-34(4)15-11-13-32(2)17-21-36(6)40(43)49-29-26-46-9/h12-13,18-19,35-37H,10-11,14-17,20-30H2,1-9H3/b31-12-,32-13-,33-18-,34-19-. The second-order valence-electron chi connectivity index (χ2n) is 13.2. The molecule has 9 nitrogen and oxygen atoms in total. The molecule has 0 rings (SSSR count). The van der Waals surface area contributed by atoms with Crippen molar-refractivity contribution in [3.8, 4) is 0 Å². The van der Waals surface area contributed by atoms with E-state index in [4.69, 9.17) is 28.4 Å². The summed E-state index contributed by atoms with van der Waals surface area (Å²) in [6.45, 7) is 14.4. The summed E-state index contributed by atoms with van der Waals surface area (Å²) in [5, 5.41) is 0. The highest BCUT2D eigenvalue weighted by Crippen LogP contribution is 2.22. The Morgan fingerprint density at radius 2 is 0.878 bits per heavy atom. The zero-order valence-electron chi connectivity index (χ0n) is 32.2. The molecule has 49 heavy (non-hydrogen) atoms. The number of allylic oxidation sites excluding steroid dienone is 8. The first-order chi connectivity index (χ1) is 23.4. The van der Waals surface area contributed by atoms with E-state index in [2.05, 4.69) is 52.0 Å². The maximum absolute atomic E-state index is 12.5. The van der Waals surface area contributed by atoms with E-state index < -0.39 is 0 Å². The van der Waals surface area contributed by atoms with Gasteiger partial charge in [-0.1, -0.05) is 60.4 Å². The average molecular weight is 693 g/mol. The van der Waals surface area contributed by atoms with Crippen LogP contribution in [0.3, 0.4) is 0 Å². The lowest BCUT2D eigenvalue weighted by Crippen LogP contribution is -2.17. The van der Waals surface area contributed by atoms with E-state index in [1.54, 1.807) is 21.3 Å². The Labute approximate surface area is 297 Å². The molecule has 0 heterocycles. The van der Waals surface area contributed by atoms with Crippen LogP contribution in [0.1, 0.15) is 112 Å². The lowest BCUT2D eigenvalue weighted by Gasteiger charge is -2.14. The molecule has 0 aliphatic carbocycles. The molecule has 0 radical (unpaired) electrons. The predicted molar refractivity (Wildman–Crippen MR) is 196 cm³/mol. The lowest BCUT2D eigenvalue weighted by atomic mass is 9.93. The van der Waals surface area contributed by atoms with E-state index in [-0.39, 0.29) is 42.3 Å². The Morgan fingerprint density at radius 1 is 0.510 bits per heavy atom. The molecule has 0 aromatic rings. The van der Waals surface area contributed by atoms with Crippen LogP contribution in [-0.4, -0.2) is 78.9 Å². The van der Waals surface area contributed by atoms with Gasteiger partial charge in [0, 0.05) is 27.8 Å². The zero-order valence-corrected chi connectivity index (χ0v) is 32.2. The molecule has 282 valence electrons. The Hall–Kier alpha value is -2.75. The number of carbonyl (C=O) groups excluding carboxylic acids is 3. The van der Waals surface area contributed by atoms with Crippen molar-refractivity contribution >= 4 is 17.9 Å². The number of methoxy groups -OCH3 is 3. The predicted octanol–water partition coefficient (Wildman–Crippen LogP) is 8.52. The summed E-state index contributed by atoms with van der Waals surface area (Å²) in [4.78, 5) is 36.7. The molecule has 2 unspecified atom stereocenters. The first-order valence-corrected chi connectivity index (χ1v) is 18.0. The van der Waals surface area contributed by atoms with Gasteiger partial charge in [0.2, 0.25) is 0 Å². The Balaban J connectivity index is 4.93. The van der Waals surface area contributed by atoms with Crippen molar-refractivity contribution in [3.05, 3.63) is 46.6 Å². The molecule has 0 spiro atoms. The van der Waals surface area contributed by atoms with E-state index in [9.17, 15) is 14.4 Å². The molecule has 0 fully saturated rings. The van der Waals surface area contributed by atoms with Crippen LogP contribution in [0.25, 0.3) is 0 Å². The van der Waals surface area contributed by atoms with Crippen molar-refractivity contribution in [3.63, 3.8) is 0 Å². The van der Waals surface area contributed by atoms with E-state index in [1.807, 2.05) is 13.8 Å². The van der Waals surface area contributed by atoms with E-state index in [1.165, 1.54) is 22.3 Å². The normalized spacial score (nSPS) is 14.7. The second kappa shape index (κ2) is 30.1. The third-order valence-corrected chi connectivity index (χ3v) is 8.48. The number of hydrogen-bond acceptors (Lipinski definition) is 9. The summed E-state index contributed by atoms with van der Waals surface area (Å²) in [6.07, 6.45) is 18.1. The highest BCUT2D eigenvalue weighted by molar-refractivity contribution is 5.72. The minimum absolute atomic E-state index is 0.136. The molecule has 0 bridgehead atoms. The van der Waals surface area contributed by atoms with Gasteiger partial charge < -0.3 is 28.4 Å². The van der Waals surface area contributed by atoms with Crippen molar-refractivity contribution in [1.29, 1.82) is 0 Å². The minimum atomic E-state index is -0.190. The number of esters is 3. The van der Waals surface area contributed by atoms with Gasteiger partial charge in [-0.2, -0.15) is 0 Å². The van der Waals surface area contributed by atoms with Gasteiger partial charge in [0.15, 0.2) is 0 Å². The van der Waals surface area contributed by atoms with Crippen molar-refractivity contribution < 1.29 is 42.8 Å². The molecule has 0 aromatic carbocycles. The summed E-state index contributed by atoms with van der Waals surface area (Å²) >= 11 is 0. The maximum Gasteiger partial charge on any atom is 0.308 e. The summed E-state index contributed by atoms with van der Waals surface area (Å²) in [7, 11) is 4.77.